The van der Waals surface area contributed by atoms with Crippen LogP contribution >= 0.6 is 38.9 Å². The fourth-order valence-electron chi connectivity index (χ4n) is 4.01. The summed E-state index contributed by atoms with van der Waals surface area (Å²) in [5.41, 5.74) is 3.49. The van der Waals surface area contributed by atoms with Gasteiger partial charge in [0.25, 0.3) is 0 Å². The van der Waals surface area contributed by atoms with Crippen LogP contribution in [0.5, 0.6) is 0 Å². The molecule has 1 aromatic carbocycles. The second-order valence-electron chi connectivity index (χ2n) is 7.84. The number of thiophene rings is 1. The molecule has 1 fully saturated rings. The summed E-state index contributed by atoms with van der Waals surface area (Å²) < 4.78 is 2.63. The minimum Gasteiger partial charge on any atom is -0.367 e. The molecule has 1 aliphatic heterocycles. The van der Waals surface area contributed by atoms with Crippen LogP contribution in [0.3, 0.4) is 0 Å². The number of carbonyl (C=O) groups is 1. The molecule has 6 nitrogen and oxygen atoms in total. The fourth-order valence-corrected chi connectivity index (χ4v) is 5.26. The summed E-state index contributed by atoms with van der Waals surface area (Å²) in [6.45, 7) is 1.49. The van der Waals surface area contributed by atoms with E-state index in [1.165, 1.54) is 0 Å². The standard InChI is InChI=1S/C23H21BrClN5OS/c24-18-13-26-30-21(12-20(28-23(18)30)17-3-1-2-4-19(17)25)27-16-5-8-29(9-6-16)22(31)11-15-7-10-32-14-15/h1-4,7,10,12-14,16,27H,5-6,8-9,11H2. The predicted molar refractivity (Wildman–Crippen MR) is 132 cm³/mol. The van der Waals surface area contributed by atoms with Crippen molar-refractivity contribution in [3.05, 3.63) is 68.4 Å². The van der Waals surface area contributed by atoms with E-state index in [4.69, 9.17) is 16.6 Å². The van der Waals surface area contributed by atoms with Crippen molar-refractivity contribution in [2.24, 2.45) is 0 Å². The Morgan fingerprint density at radius 1 is 1.25 bits per heavy atom. The smallest absolute Gasteiger partial charge is 0.227 e. The Morgan fingerprint density at radius 2 is 2.06 bits per heavy atom. The fraction of sp³-hybridized carbons (Fsp3) is 0.261. The van der Waals surface area contributed by atoms with Crippen LogP contribution in [0.1, 0.15) is 18.4 Å². The molecule has 0 bridgehead atoms. The first kappa shape index (κ1) is 21.4. The third kappa shape index (κ3) is 4.40. The van der Waals surface area contributed by atoms with Crippen molar-refractivity contribution in [3.8, 4) is 11.3 Å². The molecule has 164 valence electrons. The van der Waals surface area contributed by atoms with Crippen LogP contribution in [0.15, 0.2) is 57.8 Å². The van der Waals surface area contributed by atoms with Crippen molar-refractivity contribution in [3.63, 3.8) is 0 Å². The van der Waals surface area contributed by atoms with Gasteiger partial charge in [-0.1, -0.05) is 29.8 Å². The van der Waals surface area contributed by atoms with Crippen molar-refractivity contribution in [2.45, 2.75) is 25.3 Å². The number of amides is 1. The monoisotopic (exact) mass is 529 g/mol. The summed E-state index contributed by atoms with van der Waals surface area (Å²) in [6.07, 6.45) is 3.98. The summed E-state index contributed by atoms with van der Waals surface area (Å²) >= 11 is 11.6. The van der Waals surface area contributed by atoms with Gasteiger partial charge in [0, 0.05) is 35.8 Å². The number of anilines is 1. The number of hydrogen-bond donors (Lipinski definition) is 1. The van der Waals surface area contributed by atoms with Gasteiger partial charge in [-0.15, -0.1) is 0 Å². The summed E-state index contributed by atoms with van der Waals surface area (Å²) in [6, 6.07) is 11.9. The Morgan fingerprint density at radius 3 is 2.81 bits per heavy atom. The summed E-state index contributed by atoms with van der Waals surface area (Å²) in [5, 5.41) is 12.8. The number of fused-ring (bicyclic) bond motifs is 1. The first-order chi connectivity index (χ1) is 15.6. The topological polar surface area (TPSA) is 62.5 Å². The van der Waals surface area contributed by atoms with E-state index in [1.807, 2.05) is 52.1 Å². The Hall–Kier alpha value is -2.42. The number of piperidine rings is 1. The van der Waals surface area contributed by atoms with Gasteiger partial charge in [0.15, 0.2) is 5.65 Å². The van der Waals surface area contributed by atoms with Gasteiger partial charge in [-0.2, -0.15) is 21.0 Å². The van der Waals surface area contributed by atoms with Crippen LogP contribution in [-0.2, 0) is 11.2 Å². The quantitative estimate of drug-likeness (QED) is 0.369. The van der Waals surface area contributed by atoms with Gasteiger partial charge in [-0.25, -0.2) is 4.98 Å². The number of carbonyl (C=O) groups excluding carboxylic acids is 1. The highest BCUT2D eigenvalue weighted by Gasteiger charge is 2.24. The van der Waals surface area contributed by atoms with Gasteiger partial charge >= 0.3 is 0 Å². The van der Waals surface area contributed by atoms with Crippen molar-refractivity contribution >= 4 is 56.2 Å². The highest BCUT2D eigenvalue weighted by molar-refractivity contribution is 9.10. The van der Waals surface area contributed by atoms with Crippen LogP contribution in [-0.4, -0.2) is 44.5 Å². The van der Waals surface area contributed by atoms with E-state index < -0.39 is 0 Å². The Balaban J connectivity index is 1.33. The van der Waals surface area contributed by atoms with Gasteiger partial charge < -0.3 is 10.2 Å². The molecular weight excluding hydrogens is 510 g/mol. The van der Waals surface area contributed by atoms with E-state index in [-0.39, 0.29) is 11.9 Å². The number of likely N-dealkylation sites (tertiary alicyclic amines) is 1. The molecule has 0 saturated carbocycles. The number of aromatic nitrogens is 3. The van der Waals surface area contributed by atoms with Crippen molar-refractivity contribution in [1.29, 1.82) is 0 Å². The summed E-state index contributed by atoms with van der Waals surface area (Å²) in [4.78, 5) is 19.3. The summed E-state index contributed by atoms with van der Waals surface area (Å²) in [5.74, 6) is 1.06. The lowest BCUT2D eigenvalue weighted by Gasteiger charge is -2.33. The van der Waals surface area contributed by atoms with Crippen LogP contribution in [0, 0.1) is 0 Å². The molecule has 1 saturated heterocycles. The molecule has 0 atom stereocenters. The van der Waals surface area contributed by atoms with Crippen molar-refractivity contribution in [1.82, 2.24) is 19.5 Å². The normalized spacial score (nSPS) is 14.8. The van der Waals surface area contributed by atoms with E-state index in [9.17, 15) is 4.79 Å². The molecule has 0 unspecified atom stereocenters. The maximum Gasteiger partial charge on any atom is 0.227 e. The maximum absolute atomic E-state index is 12.6. The molecule has 0 radical (unpaired) electrons. The van der Waals surface area contributed by atoms with E-state index in [0.717, 1.165) is 58.7 Å². The molecule has 5 rings (SSSR count). The lowest BCUT2D eigenvalue weighted by Crippen LogP contribution is -2.43. The second kappa shape index (κ2) is 9.21. The molecule has 4 heterocycles. The average molecular weight is 531 g/mol. The molecule has 3 aromatic heterocycles. The Labute approximate surface area is 203 Å². The minimum atomic E-state index is 0.199. The van der Waals surface area contributed by atoms with E-state index in [0.29, 0.717) is 11.4 Å². The third-order valence-electron chi connectivity index (χ3n) is 5.71. The van der Waals surface area contributed by atoms with Crippen LogP contribution in [0.4, 0.5) is 5.82 Å². The third-order valence-corrected chi connectivity index (χ3v) is 7.33. The van der Waals surface area contributed by atoms with E-state index >= 15 is 0 Å². The predicted octanol–water partition coefficient (Wildman–Crippen LogP) is 5.52. The number of halogens is 2. The molecule has 4 aromatic rings. The zero-order valence-electron chi connectivity index (χ0n) is 17.2. The Bertz CT molecular complexity index is 1250. The molecule has 1 N–H and O–H groups in total. The van der Waals surface area contributed by atoms with Crippen molar-refractivity contribution < 1.29 is 4.79 Å². The van der Waals surface area contributed by atoms with Crippen LogP contribution in [0.2, 0.25) is 5.02 Å². The second-order valence-corrected chi connectivity index (χ2v) is 9.88. The highest BCUT2D eigenvalue weighted by atomic mass is 79.9. The van der Waals surface area contributed by atoms with Gasteiger partial charge in [-0.3, -0.25) is 4.79 Å². The summed E-state index contributed by atoms with van der Waals surface area (Å²) in [7, 11) is 0. The van der Waals surface area contributed by atoms with Gasteiger partial charge in [0.1, 0.15) is 5.82 Å². The number of benzene rings is 1. The molecule has 32 heavy (non-hydrogen) atoms. The number of nitrogens with zero attached hydrogens (tertiary/aromatic N) is 4. The largest absolute Gasteiger partial charge is 0.367 e. The average Bonchev–Trinajstić information content (AvgIpc) is 3.44. The van der Waals surface area contributed by atoms with Gasteiger partial charge in [-0.05, 0) is 57.2 Å². The zero-order chi connectivity index (χ0) is 22.1. The SMILES string of the molecule is O=C(Cc1ccsc1)N1CCC(Nc2cc(-c3ccccc3Cl)nc3c(Br)cnn23)CC1. The number of nitrogens with one attached hydrogen (secondary N) is 1. The molecule has 9 heteroatoms. The minimum absolute atomic E-state index is 0.199. The number of hydrogen-bond acceptors (Lipinski definition) is 5. The zero-order valence-corrected chi connectivity index (χ0v) is 20.3. The van der Waals surface area contributed by atoms with Gasteiger partial charge in [0.05, 0.1) is 22.8 Å². The van der Waals surface area contributed by atoms with E-state index in [2.05, 4.69) is 26.3 Å². The van der Waals surface area contributed by atoms with E-state index in [1.54, 1.807) is 22.0 Å². The molecule has 1 amide bonds. The van der Waals surface area contributed by atoms with Crippen LogP contribution < -0.4 is 5.32 Å². The molecule has 1 aliphatic rings. The lowest BCUT2D eigenvalue weighted by molar-refractivity contribution is -0.131. The highest BCUT2D eigenvalue weighted by Crippen LogP contribution is 2.31. The molecular formula is C23H21BrClN5OS. The van der Waals surface area contributed by atoms with Crippen molar-refractivity contribution in [2.75, 3.05) is 18.4 Å². The molecule has 0 spiro atoms. The first-order valence-electron chi connectivity index (χ1n) is 10.4. The lowest BCUT2D eigenvalue weighted by atomic mass is 10.0. The van der Waals surface area contributed by atoms with Gasteiger partial charge in [0.2, 0.25) is 5.91 Å². The number of rotatable bonds is 5. The molecule has 0 aliphatic carbocycles. The van der Waals surface area contributed by atoms with Crippen LogP contribution in [0.25, 0.3) is 16.9 Å². The maximum atomic E-state index is 12.6. The first-order valence-corrected chi connectivity index (χ1v) is 12.5. The Kier molecular flexibility index (Phi) is 6.17.